The first-order valence-corrected chi connectivity index (χ1v) is 7.83. The molecule has 1 aromatic carbocycles. The van der Waals surface area contributed by atoms with Crippen molar-refractivity contribution in [3.8, 4) is 0 Å². The fraction of sp³-hybridized carbons (Fsp3) is 0.417. The molecule has 0 fully saturated rings. The fourth-order valence-electron chi connectivity index (χ4n) is 1.92. The second-order valence-electron chi connectivity index (χ2n) is 3.94. The predicted molar refractivity (Wildman–Crippen MR) is 72.3 cm³/mol. The van der Waals surface area contributed by atoms with Gasteiger partial charge in [-0.2, -0.15) is 0 Å². The Hall–Kier alpha value is -0.880. The number of hydrogen-bond donors (Lipinski definition) is 1. The molecular weight excluding hydrogens is 320 g/mol. The highest BCUT2D eigenvalue weighted by Crippen LogP contribution is 2.35. The normalized spacial score (nSPS) is 12.4. The van der Waals surface area contributed by atoms with Gasteiger partial charge >= 0.3 is 5.97 Å². The number of rotatable bonds is 5. The van der Waals surface area contributed by atoms with E-state index in [9.17, 15) is 18.3 Å². The average Bonchev–Trinajstić information content (AvgIpc) is 2.30. The minimum atomic E-state index is -3.94. The van der Waals surface area contributed by atoms with Gasteiger partial charge < -0.3 is 5.11 Å². The lowest BCUT2D eigenvalue weighted by Gasteiger charge is -2.27. The van der Waals surface area contributed by atoms with Crippen molar-refractivity contribution in [3.05, 3.63) is 28.7 Å². The van der Waals surface area contributed by atoms with Gasteiger partial charge in [-0.1, -0.05) is 26.0 Å². The van der Waals surface area contributed by atoms with E-state index in [2.05, 4.69) is 15.9 Å². The summed E-state index contributed by atoms with van der Waals surface area (Å²) in [5.41, 5.74) is 0. The number of benzene rings is 1. The minimum Gasteiger partial charge on any atom is -0.480 e. The molecule has 0 atom stereocenters. The van der Waals surface area contributed by atoms with E-state index in [0.717, 1.165) is 0 Å². The molecule has 0 unspecified atom stereocenters. The first-order valence-electron chi connectivity index (χ1n) is 5.56. The average molecular weight is 335 g/mol. The number of carboxylic acids is 1. The zero-order valence-electron chi connectivity index (χ0n) is 10.2. The second kappa shape index (κ2) is 5.40. The van der Waals surface area contributed by atoms with Crippen LogP contribution in [0.3, 0.4) is 0 Å². The van der Waals surface area contributed by atoms with Crippen molar-refractivity contribution in [1.29, 1.82) is 0 Å². The molecule has 1 rings (SSSR count). The van der Waals surface area contributed by atoms with E-state index in [1.54, 1.807) is 32.0 Å². The van der Waals surface area contributed by atoms with Crippen molar-refractivity contribution >= 4 is 31.7 Å². The molecule has 0 aliphatic heterocycles. The van der Waals surface area contributed by atoms with Crippen molar-refractivity contribution in [1.82, 2.24) is 0 Å². The first-order chi connectivity index (χ1) is 8.33. The van der Waals surface area contributed by atoms with Crippen LogP contribution in [0.5, 0.6) is 0 Å². The molecule has 0 radical (unpaired) electrons. The van der Waals surface area contributed by atoms with E-state index in [0.29, 0.717) is 4.47 Å². The largest absolute Gasteiger partial charge is 0.480 e. The summed E-state index contributed by atoms with van der Waals surface area (Å²) in [6, 6.07) is 6.27. The van der Waals surface area contributed by atoms with E-state index in [-0.39, 0.29) is 17.7 Å². The lowest BCUT2D eigenvalue weighted by molar-refractivity contribution is -0.140. The highest BCUT2D eigenvalue weighted by atomic mass is 79.9. The number of aliphatic carboxylic acids is 1. The lowest BCUT2D eigenvalue weighted by Crippen LogP contribution is -2.45. The van der Waals surface area contributed by atoms with Crippen LogP contribution in [-0.2, 0) is 14.6 Å². The third kappa shape index (κ3) is 2.19. The van der Waals surface area contributed by atoms with Gasteiger partial charge in [0, 0.05) is 4.47 Å². The molecule has 0 aliphatic carbocycles. The van der Waals surface area contributed by atoms with Crippen molar-refractivity contribution in [2.45, 2.75) is 36.3 Å². The van der Waals surface area contributed by atoms with E-state index in [4.69, 9.17) is 0 Å². The van der Waals surface area contributed by atoms with Crippen LogP contribution in [0.2, 0.25) is 0 Å². The van der Waals surface area contributed by atoms with Crippen LogP contribution < -0.4 is 0 Å². The van der Waals surface area contributed by atoms with Gasteiger partial charge in [-0.3, -0.25) is 4.79 Å². The Morgan fingerprint density at radius 3 is 2.17 bits per heavy atom. The van der Waals surface area contributed by atoms with Crippen molar-refractivity contribution in [2.75, 3.05) is 0 Å². The van der Waals surface area contributed by atoms with E-state index >= 15 is 0 Å². The smallest absolute Gasteiger partial charge is 0.325 e. The number of carbonyl (C=O) groups is 1. The zero-order valence-corrected chi connectivity index (χ0v) is 12.6. The molecule has 0 saturated carbocycles. The lowest BCUT2D eigenvalue weighted by atomic mass is 10.0. The maximum atomic E-state index is 12.6. The minimum absolute atomic E-state index is 0.0242. The molecule has 1 N–H and O–H groups in total. The van der Waals surface area contributed by atoms with E-state index in [1.807, 2.05) is 0 Å². The molecule has 0 spiro atoms. The summed E-state index contributed by atoms with van der Waals surface area (Å²) in [6.45, 7) is 3.15. The monoisotopic (exact) mass is 334 g/mol. The quantitative estimate of drug-likeness (QED) is 0.898. The van der Waals surface area contributed by atoms with E-state index in [1.165, 1.54) is 6.07 Å². The van der Waals surface area contributed by atoms with Crippen LogP contribution >= 0.6 is 15.9 Å². The summed E-state index contributed by atoms with van der Waals surface area (Å²) in [5.74, 6) is -1.30. The third-order valence-corrected chi connectivity index (χ3v) is 6.84. The Morgan fingerprint density at radius 2 is 1.78 bits per heavy atom. The molecule has 0 amide bonds. The number of hydrogen-bond acceptors (Lipinski definition) is 3. The maximum absolute atomic E-state index is 12.6. The molecule has 0 heterocycles. The first kappa shape index (κ1) is 15.2. The van der Waals surface area contributed by atoms with Gasteiger partial charge in [0.05, 0.1) is 4.90 Å². The second-order valence-corrected chi connectivity index (χ2v) is 7.02. The summed E-state index contributed by atoms with van der Waals surface area (Å²) >= 11 is 3.16. The molecule has 0 aliphatic rings. The molecule has 0 saturated heterocycles. The summed E-state index contributed by atoms with van der Waals surface area (Å²) in [6.07, 6.45) is 0.0605. The molecule has 0 bridgehead atoms. The van der Waals surface area contributed by atoms with Crippen LogP contribution in [0, 0.1) is 0 Å². The SMILES string of the molecule is CCC(CC)(C(=O)O)S(=O)(=O)c1ccccc1Br. The zero-order chi connectivity index (χ0) is 14.0. The van der Waals surface area contributed by atoms with Crippen LogP contribution in [-0.4, -0.2) is 24.2 Å². The standard InChI is InChI=1S/C12H15BrO4S/c1-3-12(4-2,11(14)15)18(16,17)10-8-6-5-7-9(10)13/h5-8H,3-4H2,1-2H3,(H,14,15). The Balaban J connectivity index is 3.55. The highest BCUT2D eigenvalue weighted by molar-refractivity contribution is 9.10. The molecule has 18 heavy (non-hydrogen) atoms. The molecule has 1 aromatic rings. The Morgan fingerprint density at radius 1 is 1.28 bits per heavy atom. The Bertz CT molecular complexity index is 547. The van der Waals surface area contributed by atoms with Gasteiger partial charge in [0.2, 0.25) is 0 Å². The van der Waals surface area contributed by atoms with Gasteiger partial charge in [-0.15, -0.1) is 0 Å². The fourth-order valence-corrected chi connectivity index (χ4v) is 4.84. The molecule has 6 heteroatoms. The maximum Gasteiger partial charge on any atom is 0.325 e. The van der Waals surface area contributed by atoms with Gasteiger partial charge in [0.1, 0.15) is 0 Å². The molecule has 100 valence electrons. The summed E-state index contributed by atoms with van der Waals surface area (Å²) in [4.78, 5) is 11.4. The summed E-state index contributed by atoms with van der Waals surface area (Å²) < 4.78 is 23.8. The highest BCUT2D eigenvalue weighted by Gasteiger charge is 2.49. The van der Waals surface area contributed by atoms with Gasteiger partial charge in [0.15, 0.2) is 14.6 Å². The van der Waals surface area contributed by atoms with Crippen LogP contribution in [0.25, 0.3) is 0 Å². The van der Waals surface area contributed by atoms with Gasteiger partial charge in [0.25, 0.3) is 0 Å². The predicted octanol–water partition coefficient (Wildman–Crippen LogP) is 2.87. The van der Waals surface area contributed by atoms with Crippen LogP contribution in [0.1, 0.15) is 26.7 Å². The molecular formula is C12H15BrO4S. The summed E-state index contributed by atoms with van der Waals surface area (Å²) in [7, 11) is -3.94. The number of sulfone groups is 1. The van der Waals surface area contributed by atoms with E-state index < -0.39 is 20.6 Å². The Labute approximate surface area is 115 Å². The molecule has 0 aromatic heterocycles. The van der Waals surface area contributed by atoms with Gasteiger partial charge in [-0.25, -0.2) is 8.42 Å². The van der Waals surface area contributed by atoms with Crippen LogP contribution in [0.15, 0.2) is 33.6 Å². The van der Waals surface area contributed by atoms with Crippen molar-refractivity contribution in [3.63, 3.8) is 0 Å². The Kier molecular flexibility index (Phi) is 4.55. The third-order valence-electron chi connectivity index (χ3n) is 3.17. The van der Waals surface area contributed by atoms with Crippen LogP contribution in [0.4, 0.5) is 0 Å². The number of halogens is 1. The topological polar surface area (TPSA) is 71.4 Å². The van der Waals surface area contributed by atoms with Gasteiger partial charge in [-0.05, 0) is 40.9 Å². The van der Waals surface area contributed by atoms with Crippen molar-refractivity contribution in [2.24, 2.45) is 0 Å². The number of carboxylic acid groups (broad SMARTS) is 1. The van der Waals surface area contributed by atoms with Crippen molar-refractivity contribution < 1.29 is 18.3 Å². The summed E-state index contributed by atoms with van der Waals surface area (Å²) in [5, 5.41) is 9.32. The molecule has 4 nitrogen and oxygen atoms in total.